The van der Waals surface area contributed by atoms with Crippen LogP contribution in [0.4, 0.5) is 10.5 Å². The number of nitrogens with one attached hydrogen (secondary N) is 2. The number of anilines is 1. The molecule has 6 heteroatoms. The van der Waals surface area contributed by atoms with Gasteiger partial charge in [0.25, 0.3) is 0 Å². The summed E-state index contributed by atoms with van der Waals surface area (Å²) in [6, 6.07) is 19.6. The average molecular weight is 460 g/mol. The van der Waals surface area contributed by atoms with E-state index in [9.17, 15) is 4.79 Å². The van der Waals surface area contributed by atoms with Gasteiger partial charge in [0.05, 0.1) is 13.2 Å². The van der Waals surface area contributed by atoms with Gasteiger partial charge in [0.1, 0.15) is 5.75 Å². The second-order valence-corrected chi connectivity index (χ2v) is 9.01. The number of carbonyl (C=O) groups is 1. The molecule has 0 saturated heterocycles. The van der Waals surface area contributed by atoms with Gasteiger partial charge in [-0.15, -0.1) is 0 Å². The zero-order valence-electron chi connectivity index (χ0n) is 18.9. The second-order valence-electron chi connectivity index (χ2n) is 8.57. The summed E-state index contributed by atoms with van der Waals surface area (Å²) in [5, 5.41) is 4.82. The number of fused-ring (bicyclic) bond motifs is 3. The number of hydrogen-bond donors (Lipinski definition) is 2. The Bertz CT molecular complexity index is 1340. The predicted octanol–water partition coefficient (Wildman–Crippen LogP) is 6.63. The lowest BCUT2D eigenvalue weighted by atomic mass is 9.92. The van der Waals surface area contributed by atoms with E-state index in [0.29, 0.717) is 11.6 Å². The van der Waals surface area contributed by atoms with E-state index in [1.54, 1.807) is 13.2 Å². The number of ether oxygens (including phenoxy) is 1. The quantitative estimate of drug-likeness (QED) is 0.361. The molecule has 1 aliphatic rings. The number of carbonyl (C=O) groups excluding carboxylic acids is 1. The van der Waals surface area contributed by atoms with Crippen LogP contribution in [0.1, 0.15) is 34.0 Å². The Morgan fingerprint density at radius 2 is 1.88 bits per heavy atom. The number of nitrogens with zero attached hydrogens (tertiary/aromatic N) is 1. The summed E-state index contributed by atoms with van der Waals surface area (Å²) in [6.45, 7) is 4.63. The van der Waals surface area contributed by atoms with E-state index in [-0.39, 0.29) is 12.1 Å². The van der Waals surface area contributed by atoms with Crippen LogP contribution in [0.3, 0.4) is 0 Å². The van der Waals surface area contributed by atoms with E-state index in [0.717, 1.165) is 45.6 Å². The fourth-order valence-corrected chi connectivity index (χ4v) is 4.80. The van der Waals surface area contributed by atoms with Crippen molar-refractivity contribution < 1.29 is 9.53 Å². The van der Waals surface area contributed by atoms with Crippen LogP contribution in [0.2, 0.25) is 5.02 Å². The van der Waals surface area contributed by atoms with Crippen LogP contribution in [0, 0.1) is 13.8 Å². The van der Waals surface area contributed by atoms with Gasteiger partial charge >= 0.3 is 6.03 Å². The highest BCUT2D eigenvalue weighted by Crippen LogP contribution is 2.39. The van der Waals surface area contributed by atoms with Gasteiger partial charge in [0.2, 0.25) is 0 Å². The van der Waals surface area contributed by atoms with Crippen molar-refractivity contribution in [1.82, 2.24) is 9.88 Å². The van der Waals surface area contributed by atoms with E-state index in [2.05, 4.69) is 47.6 Å². The summed E-state index contributed by atoms with van der Waals surface area (Å²) in [6.07, 6.45) is 0.757. The van der Waals surface area contributed by atoms with Gasteiger partial charge in [-0.2, -0.15) is 0 Å². The molecule has 0 saturated carbocycles. The number of benzene rings is 3. The minimum absolute atomic E-state index is 0.146. The van der Waals surface area contributed by atoms with E-state index in [1.165, 1.54) is 11.1 Å². The van der Waals surface area contributed by atoms with E-state index in [4.69, 9.17) is 16.3 Å². The van der Waals surface area contributed by atoms with Crippen LogP contribution in [0.5, 0.6) is 5.75 Å². The maximum atomic E-state index is 13.5. The molecular formula is C27H26ClN3O2. The highest BCUT2D eigenvalue weighted by Gasteiger charge is 2.34. The predicted molar refractivity (Wildman–Crippen MR) is 133 cm³/mol. The van der Waals surface area contributed by atoms with Crippen molar-refractivity contribution >= 4 is 34.2 Å². The van der Waals surface area contributed by atoms with Crippen molar-refractivity contribution in [2.45, 2.75) is 26.3 Å². The van der Waals surface area contributed by atoms with Gasteiger partial charge in [-0.1, -0.05) is 47.5 Å². The summed E-state index contributed by atoms with van der Waals surface area (Å²) in [4.78, 5) is 19.0. The Hall–Kier alpha value is -3.44. The monoisotopic (exact) mass is 459 g/mol. The van der Waals surface area contributed by atoms with Crippen LogP contribution in [0.25, 0.3) is 10.9 Å². The molecule has 33 heavy (non-hydrogen) atoms. The number of hydrogen-bond acceptors (Lipinski definition) is 2. The zero-order chi connectivity index (χ0) is 23.1. The van der Waals surface area contributed by atoms with Gasteiger partial charge in [-0.3, -0.25) is 0 Å². The molecular weight excluding hydrogens is 434 g/mol. The molecule has 0 spiro atoms. The molecule has 1 aromatic heterocycles. The average Bonchev–Trinajstić information content (AvgIpc) is 3.19. The lowest BCUT2D eigenvalue weighted by Gasteiger charge is -2.36. The van der Waals surface area contributed by atoms with Crippen LogP contribution >= 0.6 is 11.6 Å². The molecule has 5 nitrogen and oxygen atoms in total. The molecule has 5 rings (SSSR count). The SMILES string of the molecule is COc1ccc2[nH]c3c(c2c1)CCN(C(=O)Nc1cc(Cl)ccc1C)C3c1ccc(C)cc1. The van der Waals surface area contributed by atoms with Crippen LogP contribution in [-0.2, 0) is 6.42 Å². The molecule has 1 aliphatic heterocycles. The first-order valence-corrected chi connectivity index (χ1v) is 11.4. The molecule has 0 bridgehead atoms. The number of methoxy groups -OCH3 is 1. The molecule has 0 fully saturated rings. The number of aryl methyl sites for hydroxylation is 2. The summed E-state index contributed by atoms with van der Waals surface area (Å²) >= 11 is 6.18. The van der Waals surface area contributed by atoms with Crippen LogP contribution in [-0.4, -0.2) is 29.6 Å². The largest absolute Gasteiger partial charge is 0.497 e. The maximum absolute atomic E-state index is 13.5. The van der Waals surface area contributed by atoms with Crippen molar-refractivity contribution in [2.24, 2.45) is 0 Å². The Morgan fingerprint density at radius 1 is 1.09 bits per heavy atom. The topological polar surface area (TPSA) is 57.4 Å². The molecule has 0 radical (unpaired) electrons. The third kappa shape index (κ3) is 3.93. The van der Waals surface area contributed by atoms with Gasteiger partial charge in [0.15, 0.2) is 0 Å². The summed E-state index contributed by atoms with van der Waals surface area (Å²) in [5.74, 6) is 0.827. The van der Waals surface area contributed by atoms with Crippen molar-refractivity contribution in [1.29, 1.82) is 0 Å². The third-order valence-electron chi connectivity index (χ3n) is 6.43. The highest BCUT2D eigenvalue weighted by molar-refractivity contribution is 6.31. The number of urea groups is 1. The summed E-state index contributed by atoms with van der Waals surface area (Å²) < 4.78 is 5.45. The number of H-pyrrole nitrogens is 1. The Labute approximate surface area is 198 Å². The summed E-state index contributed by atoms with van der Waals surface area (Å²) in [5.41, 5.74) is 7.27. The van der Waals surface area contributed by atoms with Crippen LogP contribution < -0.4 is 10.1 Å². The maximum Gasteiger partial charge on any atom is 0.322 e. The normalized spacial score (nSPS) is 15.4. The van der Waals surface area contributed by atoms with E-state index < -0.39 is 0 Å². The Balaban J connectivity index is 1.59. The van der Waals surface area contributed by atoms with E-state index in [1.807, 2.05) is 36.1 Å². The number of aromatic amines is 1. The molecule has 168 valence electrons. The van der Waals surface area contributed by atoms with E-state index >= 15 is 0 Å². The zero-order valence-corrected chi connectivity index (χ0v) is 19.7. The van der Waals surface area contributed by atoms with Crippen molar-refractivity contribution in [3.05, 3.63) is 93.6 Å². The molecule has 1 atom stereocenters. The van der Waals surface area contributed by atoms with Gasteiger partial charge in [-0.25, -0.2) is 4.79 Å². The first-order chi connectivity index (χ1) is 15.9. The van der Waals surface area contributed by atoms with Gasteiger partial charge in [-0.05, 0) is 67.3 Å². The van der Waals surface area contributed by atoms with Crippen LogP contribution in [0.15, 0.2) is 60.7 Å². The standard InChI is InChI=1S/C27H26ClN3O2/c1-16-4-7-18(8-5-16)26-25-21(22-15-20(33-3)10-11-23(22)29-25)12-13-31(26)27(32)30-24-14-19(28)9-6-17(24)2/h4-11,14-15,26,29H,12-13H2,1-3H3,(H,30,32). The lowest BCUT2D eigenvalue weighted by molar-refractivity contribution is 0.193. The smallest absolute Gasteiger partial charge is 0.322 e. The number of halogens is 1. The molecule has 2 N–H and O–H groups in total. The molecule has 3 aromatic carbocycles. The minimum Gasteiger partial charge on any atom is -0.497 e. The number of amides is 2. The fourth-order valence-electron chi connectivity index (χ4n) is 4.62. The van der Waals surface area contributed by atoms with Crippen molar-refractivity contribution in [2.75, 3.05) is 19.0 Å². The van der Waals surface area contributed by atoms with Gasteiger partial charge < -0.3 is 19.9 Å². The fraction of sp³-hybridized carbons (Fsp3) is 0.222. The first kappa shape index (κ1) is 21.4. The van der Waals surface area contributed by atoms with Gasteiger partial charge in [0, 0.05) is 33.9 Å². The summed E-state index contributed by atoms with van der Waals surface area (Å²) in [7, 11) is 1.68. The van der Waals surface area contributed by atoms with Crippen molar-refractivity contribution in [3.63, 3.8) is 0 Å². The van der Waals surface area contributed by atoms with Crippen molar-refractivity contribution in [3.8, 4) is 5.75 Å². The Kier molecular flexibility index (Phi) is 5.51. The lowest BCUT2D eigenvalue weighted by Crippen LogP contribution is -2.43. The third-order valence-corrected chi connectivity index (χ3v) is 6.66. The molecule has 2 heterocycles. The Morgan fingerprint density at radius 3 is 2.64 bits per heavy atom. The molecule has 0 aliphatic carbocycles. The molecule has 2 amide bonds. The first-order valence-electron chi connectivity index (χ1n) is 11.0. The molecule has 1 unspecified atom stereocenters. The molecule has 4 aromatic rings. The number of rotatable bonds is 3. The second kappa shape index (κ2) is 8.49. The minimum atomic E-state index is -0.229. The number of aromatic nitrogens is 1. The highest BCUT2D eigenvalue weighted by atomic mass is 35.5.